The summed E-state index contributed by atoms with van der Waals surface area (Å²) in [5.74, 6) is -0.932. The fourth-order valence-electron chi connectivity index (χ4n) is 2.07. The molecule has 4 nitrogen and oxygen atoms in total. The normalized spacial score (nSPS) is 11.9. The third kappa shape index (κ3) is 4.33. The molecule has 1 N–H and O–H groups in total. The van der Waals surface area contributed by atoms with Crippen molar-refractivity contribution >= 4 is 5.97 Å². The molecule has 1 unspecified atom stereocenters. The summed E-state index contributed by atoms with van der Waals surface area (Å²) in [6.45, 7) is 0.591. The molecule has 0 aromatic heterocycles. The lowest BCUT2D eigenvalue weighted by Crippen LogP contribution is -2.19. The Balaban J connectivity index is 2.06. The quantitative estimate of drug-likeness (QED) is 0.850. The molecule has 21 heavy (non-hydrogen) atoms. The van der Waals surface area contributed by atoms with E-state index in [2.05, 4.69) is 0 Å². The van der Waals surface area contributed by atoms with Crippen LogP contribution in [-0.2, 0) is 16.1 Å². The molecule has 0 aliphatic rings. The van der Waals surface area contributed by atoms with E-state index >= 15 is 0 Å². The second-order valence-corrected chi connectivity index (χ2v) is 4.69. The summed E-state index contributed by atoms with van der Waals surface area (Å²) in [4.78, 5) is 11.4. The molecule has 0 heterocycles. The number of carboxylic acids is 1. The number of benzene rings is 2. The summed E-state index contributed by atoms with van der Waals surface area (Å²) in [6, 6.07) is 16.6. The number of ether oxygens (including phenoxy) is 2. The molecule has 110 valence electrons. The van der Waals surface area contributed by atoms with Gasteiger partial charge in [-0.3, -0.25) is 4.79 Å². The SMILES string of the molecule is COCc1cccc(OCC(C(=O)O)c2ccccc2)c1. The van der Waals surface area contributed by atoms with Gasteiger partial charge >= 0.3 is 5.97 Å². The van der Waals surface area contributed by atoms with Gasteiger partial charge in [-0.1, -0.05) is 42.5 Å². The van der Waals surface area contributed by atoms with Crippen molar-refractivity contribution in [1.82, 2.24) is 0 Å². The Labute approximate surface area is 123 Å². The van der Waals surface area contributed by atoms with E-state index in [4.69, 9.17) is 9.47 Å². The first kappa shape index (κ1) is 15.1. The molecular weight excluding hydrogens is 268 g/mol. The van der Waals surface area contributed by atoms with E-state index in [1.165, 1.54) is 0 Å². The highest BCUT2D eigenvalue weighted by Crippen LogP contribution is 2.20. The third-order valence-corrected chi connectivity index (χ3v) is 3.13. The summed E-state index contributed by atoms with van der Waals surface area (Å²) in [5.41, 5.74) is 1.72. The molecule has 0 saturated carbocycles. The van der Waals surface area contributed by atoms with Crippen molar-refractivity contribution in [2.45, 2.75) is 12.5 Å². The summed E-state index contributed by atoms with van der Waals surface area (Å²) >= 11 is 0. The minimum absolute atomic E-state index is 0.0930. The van der Waals surface area contributed by atoms with Gasteiger partial charge < -0.3 is 14.6 Å². The number of hydrogen-bond acceptors (Lipinski definition) is 3. The zero-order valence-electron chi connectivity index (χ0n) is 11.9. The molecule has 0 fully saturated rings. The monoisotopic (exact) mass is 286 g/mol. The molecular formula is C17H18O4. The van der Waals surface area contributed by atoms with Gasteiger partial charge in [0.25, 0.3) is 0 Å². The van der Waals surface area contributed by atoms with E-state index in [9.17, 15) is 9.90 Å². The molecule has 0 spiro atoms. The van der Waals surface area contributed by atoms with Gasteiger partial charge in [0.2, 0.25) is 0 Å². The van der Waals surface area contributed by atoms with E-state index in [0.29, 0.717) is 12.4 Å². The first-order chi connectivity index (χ1) is 10.2. The number of methoxy groups -OCH3 is 1. The maximum absolute atomic E-state index is 11.4. The number of rotatable bonds is 7. The van der Waals surface area contributed by atoms with Gasteiger partial charge in [0.05, 0.1) is 6.61 Å². The maximum atomic E-state index is 11.4. The van der Waals surface area contributed by atoms with Crippen molar-refractivity contribution in [2.75, 3.05) is 13.7 Å². The molecule has 0 aliphatic heterocycles. The second-order valence-electron chi connectivity index (χ2n) is 4.69. The zero-order valence-corrected chi connectivity index (χ0v) is 11.9. The Bertz CT molecular complexity index is 580. The van der Waals surface area contributed by atoms with Gasteiger partial charge in [0.15, 0.2) is 0 Å². The first-order valence-corrected chi connectivity index (χ1v) is 6.69. The standard InChI is InChI=1S/C17H18O4/c1-20-11-13-6-5-9-15(10-13)21-12-16(17(18)19)14-7-3-2-4-8-14/h2-10,16H,11-12H2,1H3,(H,18,19). The molecule has 2 aromatic rings. The van der Waals surface area contributed by atoms with Gasteiger partial charge in [-0.2, -0.15) is 0 Å². The zero-order chi connectivity index (χ0) is 15.1. The number of aliphatic carboxylic acids is 1. The van der Waals surface area contributed by atoms with Crippen LogP contribution in [0, 0.1) is 0 Å². The summed E-state index contributed by atoms with van der Waals surface area (Å²) < 4.78 is 10.7. The van der Waals surface area contributed by atoms with Crippen LogP contribution in [0.25, 0.3) is 0 Å². The number of hydrogen-bond donors (Lipinski definition) is 1. The Hall–Kier alpha value is -2.33. The molecule has 0 aliphatic carbocycles. The number of carboxylic acid groups (broad SMARTS) is 1. The van der Waals surface area contributed by atoms with Crippen LogP contribution in [0.1, 0.15) is 17.0 Å². The molecule has 0 saturated heterocycles. The molecule has 0 bridgehead atoms. The molecule has 1 atom stereocenters. The fraction of sp³-hybridized carbons (Fsp3) is 0.235. The summed E-state index contributed by atoms with van der Waals surface area (Å²) in [6.07, 6.45) is 0. The van der Waals surface area contributed by atoms with Crippen LogP contribution in [0.2, 0.25) is 0 Å². The van der Waals surface area contributed by atoms with Crippen LogP contribution < -0.4 is 4.74 Å². The van der Waals surface area contributed by atoms with E-state index in [-0.39, 0.29) is 6.61 Å². The molecule has 0 amide bonds. The van der Waals surface area contributed by atoms with E-state index in [1.807, 2.05) is 42.5 Å². The minimum atomic E-state index is -0.894. The van der Waals surface area contributed by atoms with Gasteiger partial charge in [-0.05, 0) is 23.3 Å². The molecule has 4 heteroatoms. The van der Waals surface area contributed by atoms with Crippen LogP contribution in [-0.4, -0.2) is 24.8 Å². The van der Waals surface area contributed by atoms with Crippen LogP contribution in [0.15, 0.2) is 54.6 Å². The van der Waals surface area contributed by atoms with Crippen LogP contribution in [0.3, 0.4) is 0 Å². The summed E-state index contributed by atoms with van der Waals surface area (Å²) in [5, 5.41) is 9.34. The Morgan fingerprint density at radius 2 is 1.90 bits per heavy atom. The van der Waals surface area contributed by atoms with Crippen molar-refractivity contribution in [2.24, 2.45) is 0 Å². The summed E-state index contributed by atoms with van der Waals surface area (Å²) in [7, 11) is 1.63. The smallest absolute Gasteiger partial charge is 0.314 e. The third-order valence-electron chi connectivity index (χ3n) is 3.13. The van der Waals surface area contributed by atoms with Crippen molar-refractivity contribution in [1.29, 1.82) is 0 Å². The van der Waals surface area contributed by atoms with Gasteiger partial charge in [-0.15, -0.1) is 0 Å². The lowest BCUT2D eigenvalue weighted by molar-refractivity contribution is -0.139. The number of carbonyl (C=O) groups is 1. The largest absolute Gasteiger partial charge is 0.492 e. The van der Waals surface area contributed by atoms with Crippen molar-refractivity contribution < 1.29 is 19.4 Å². The van der Waals surface area contributed by atoms with Crippen molar-refractivity contribution in [3.8, 4) is 5.75 Å². The van der Waals surface area contributed by atoms with Gasteiger partial charge in [0.1, 0.15) is 18.3 Å². The molecule has 2 aromatic carbocycles. The highest BCUT2D eigenvalue weighted by atomic mass is 16.5. The molecule has 0 radical (unpaired) electrons. The maximum Gasteiger partial charge on any atom is 0.314 e. The van der Waals surface area contributed by atoms with Gasteiger partial charge in [0, 0.05) is 7.11 Å². The van der Waals surface area contributed by atoms with Crippen molar-refractivity contribution in [3.05, 3.63) is 65.7 Å². The highest BCUT2D eigenvalue weighted by Gasteiger charge is 2.20. The Morgan fingerprint density at radius 1 is 1.14 bits per heavy atom. The van der Waals surface area contributed by atoms with E-state index in [0.717, 1.165) is 11.1 Å². The molecule has 2 rings (SSSR count). The topological polar surface area (TPSA) is 55.8 Å². The van der Waals surface area contributed by atoms with Gasteiger partial charge in [-0.25, -0.2) is 0 Å². The van der Waals surface area contributed by atoms with Crippen LogP contribution >= 0.6 is 0 Å². The Kier molecular flexibility index (Phi) is 5.35. The first-order valence-electron chi connectivity index (χ1n) is 6.69. The Morgan fingerprint density at radius 3 is 2.57 bits per heavy atom. The van der Waals surface area contributed by atoms with E-state index in [1.54, 1.807) is 19.2 Å². The average Bonchev–Trinajstić information content (AvgIpc) is 2.49. The van der Waals surface area contributed by atoms with Crippen LogP contribution in [0.5, 0.6) is 5.75 Å². The predicted molar refractivity (Wildman–Crippen MR) is 79.5 cm³/mol. The van der Waals surface area contributed by atoms with E-state index < -0.39 is 11.9 Å². The van der Waals surface area contributed by atoms with Crippen LogP contribution in [0.4, 0.5) is 0 Å². The fourth-order valence-corrected chi connectivity index (χ4v) is 2.07. The average molecular weight is 286 g/mol. The predicted octanol–water partition coefficient (Wildman–Crippen LogP) is 3.08. The highest BCUT2D eigenvalue weighted by molar-refractivity contribution is 5.76. The lowest BCUT2D eigenvalue weighted by atomic mass is 10.0. The minimum Gasteiger partial charge on any atom is -0.492 e. The van der Waals surface area contributed by atoms with Crippen molar-refractivity contribution in [3.63, 3.8) is 0 Å². The second kappa shape index (κ2) is 7.45. The lowest BCUT2D eigenvalue weighted by Gasteiger charge is -2.14.